The molecule has 0 aliphatic carbocycles. The molecule has 3 rings (SSSR count). The van der Waals surface area contributed by atoms with Crippen LogP contribution in [0.3, 0.4) is 0 Å². The molecule has 0 aliphatic heterocycles. The predicted octanol–water partition coefficient (Wildman–Crippen LogP) is 3.35. The molecule has 0 saturated heterocycles. The molecular weight excluding hydrogens is 274 g/mol. The average Bonchev–Trinajstić information content (AvgIpc) is 2.96. The van der Waals surface area contributed by atoms with Gasteiger partial charge in [-0.15, -0.1) is 0 Å². The molecule has 1 N–H and O–H groups in total. The maximum Gasteiger partial charge on any atom is 0.198 e. The number of hydrogen-bond acceptors (Lipinski definition) is 3. The van der Waals surface area contributed by atoms with Crippen LogP contribution in [0, 0.1) is 0 Å². The molecule has 0 spiro atoms. The number of para-hydroxylation sites is 2. The molecule has 0 atom stereocenters. The van der Waals surface area contributed by atoms with E-state index in [1.807, 2.05) is 73.6 Å². The van der Waals surface area contributed by atoms with Gasteiger partial charge < -0.3 is 9.88 Å². The van der Waals surface area contributed by atoms with Gasteiger partial charge in [-0.05, 0) is 12.1 Å². The van der Waals surface area contributed by atoms with Crippen LogP contribution >= 0.6 is 0 Å². The normalized spacial score (nSPS) is 11.6. The highest BCUT2D eigenvalue weighted by molar-refractivity contribution is 6.28. The molecule has 0 aliphatic rings. The Balaban J connectivity index is 2.09. The van der Waals surface area contributed by atoms with Crippen LogP contribution < -0.4 is 0 Å². The number of nitrogens with one attached hydrogen (secondary N) is 1. The lowest BCUT2D eigenvalue weighted by atomic mass is 10.0. The molecule has 0 saturated carbocycles. The first-order chi connectivity index (χ1) is 10.6. The summed E-state index contributed by atoms with van der Waals surface area (Å²) in [6.45, 7) is 0. The Kier molecular flexibility index (Phi) is 3.74. The summed E-state index contributed by atoms with van der Waals surface area (Å²) in [5, 5.41) is 0. The number of benzene rings is 2. The number of nitrogens with zero attached hydrogens (tertiary/aromatic N) is 2. The van der Waals surface area contributed by atoms with Crippen LogP contribution in [0.2, 0.25) is 0 Å². The van der Waals surface area contributed by atoms with Gasteiger partial charge in [-0.2, -0.15) is 0 Å². The number of ketones is 1. The zero-order valence-electron chi connectivity index (χ0n) is 12.6. The fraction of sp³-hybridized carbons (Fsp3) is 0.111. The van der Waals surface area contributed by atoms with E-state index in [9.17, 15) is 4.79 Å². The van der Waals surface area contributed by atoms with E-state index in [0.717, 1.165) is 11.0 Å². The van der Waals surface area contributed by atoms with E-state index in [1.165, 1.54) is 0 Å². The monoisotopic (exact) mass is 291 g/mol. The summed E-state index contributed by atoms with van der Waals surface area (Å²) in [6, 6.07) is 17.0. The maximum absolute atomic E-state index is 12.8. The highest BCUT2D eigenvalue weighted by atomic mass is 16.1. The Hall–Kier alpha value is -2.88. The van der Waals surface area contributed by atoms with Gasteiger partial charge in [-0.1, -0.05) is 42.5 Å². The second-order valence-corrected chi connectivity index (χ2v) is 5.30. The van der Waals surface area contributed by atoms with E-state index in [1.54, 1.807) is 6.20 Å². The van der Waals surface area contributed by atoms with Crippen molar-refractivity contribution in [2.45, 2.75) is 0 Å². The van der Waals surface area contributed by atoms with Crippen molar-refractivity contribution in [3.8, 4) is 0 Å². The van der Waals surface area contributed by atoms with Gasteiger partial charge in [0.15, 0.2) is 5.78 Å². The zero-order chi connectivity index (χ0) is 15.5. The lowest BCUT2D eigenvalue weighted by molar-refractivity contribution is 0.105. The van der Waals surface area contributed by atoms with Crippen LogP contribution in [-0.4, -0.2) is 34.7 Å². The van der Waals surface area contributed by atoms with Crippen molar-refractivity contribution in [2.24, 2.45) is 0 Å². The number of imidazole rings is 1. The first-order valence-corrected chi connectivity index (χ1v) is 7.08. The Bertz CT molecular complexity index is 799. The van der Waals surface area contributed by atoms with Gasteiger partial charge in [0, 0.05) is 25.9 Å². The lowest BCUT2D eigenvalue weighted by Crippen LogP contribution is -2.10. The minimum absolute atomic E-state index is 0.0478. The number of fused-ring (bicyclic) bond motifs is 1. The van der Waals surface area contributed by atoms with E-state index in [0.29, 0.717) is 17.0 Å². The summed E-state index contributed by atoms with van der Waals surface area (Å²) < 4.78 is 0. The summed E-state index contributed by atoms with van der Waals surface area (Å²) >= 11 is 0. The van der Waals surface area contributed by atoms with Crippen LogP contribution in [0.25, 0.3) is 16.6 Å². The molecule has 0 bridgehead atoms. The van der Waals surface area contributed by atoms with Crippen molar-refractivity contribution in [3.05, 3.63) is 72.2 Å². The van der Waals surface area contributed by atoms with Gasteiger partial charge >= 0.3 is 0 Å². The van der Waals surface area contributed by atoms with Crippen LogP contribution in [0.15, 0.2) is 60.8 Å². The van der Waals surface area contributed by atoms with Gasteiger partial charge in [0.05, 0.1) is 16.6 Å². The summed E-state index contributed by atoms with van der Waals surface area (Å²) in [7, 11) is 3.78. The number of carbonyl (C=O) groups is 1. The largest absolute Gasteiger partial charge is 0.383 e. The highest BCUT2D eigenvalue weighted by Crippen LogP contribution is 2.21. The standard InChI is InChI=1S/C18H17N3O/c1-21(2)12-14(17(22)13-8-4-3-5-9-13)18-19-15-10-6-7-11-16(15)20-18/h3-12H,1-2H3,(H,19,20). The van der Waals surface area contributed by atoms with E-state index in [2.05, 4.69) is 9.97 Å². The fourth-order valence-corrected chi connectivity index (χ4v) is 2.31. The molecule has 110 valence electrons. The molecule has 3 aromatic rings. The average molecular weight is 291 g/mol. The summed E-state index contributed by atoms with van der Waals surface area (Å²) in [6.07, 6.45) is 1.80. The molecule has 2 aromatic carbocycles. The SMILES string of the molecule is CN(C)C=C(C(=O)c1ccccc1)c1nc2ccccc2[nH]1. The van der Waals surface area contributed by atoms with Crippen molar-refractivity contribution in [1.82, 2.24) is 14.9 Å². The van der Waals surface area contributed by atoms with Crippen molar-refractivity contribution in [3.63, 3.8) is 0 Å². The predicted molar refractivity (Wildman–Crippen MR) is 88.5 cm³/mol. The first kappa shape index (κ1) is 14.1. The smallest absolute Gasteiger partial charge is 0.198 e. The van der Waals surface area contributed by atoms with Crippen molar-refractivity contribution < 1.29 is 4.79 Å². The first-order valence-electron chi connectivity index (χ1n) is 7.08. The zero-order valence-corrected chi connectivity index (χ0v) is 12.6. The van der Waals surface area contributed by atoms with Gasteiger partial charge in [0.25, 0.3) is 0 Å². The topological polar surface area (TPSA) is 49.0 Å². The summed E-state index contributed by atoms with van der Waals surface area (Å²) in [5.74, 6) is 0.539. The molecule has 0 radical (unpaired) electrons. The second-order valence-electron chi connectivity index (χ2n) is 5.30. The Labute approximate surface area is 129 Å². The molecule has 4 heteroatoms. The minimum atomic E-state index is -0.0478. The Morgan fingerprint density at radius 2 is 1.73 bits per heavy atom. The Morgan fingerprint density at radius 1 is 1.05 bits per heavy atom. The third-order valence-corrected chi connectivity index (χ3v) is 3.31. The molecular formula is C18H17N3O. The van der Waals surface area contributed by atoms with Gasteiger partial charge in [0.1, 0.15) is 5.82 Å². The summed E-state index contributed by atoms with van der Waals surface area (Å²) in [5.41, 5.74) is 2.97. The van der Waals surface area contributed by atoms with Crippen LogP contribution in [-0.2, 0) is 0 Å². The van der Waals surface area contributed by atoms with Crippen LogP contribution in [0.5, 0.6) is 0 Å². The molecule has 0 fully saturated rings. The lowest BCUT2D eigenvalue weighted by Gasteiger charge is -2.09. The fourth-order valence-electron chi connectivity index (χ4n) is 2.31. The molecule has 22 heavy (non-hydrogen) atoms. The van der Waals surface area contributed by atoms with Gasteiger partial charge in [-0.25, -0.2) is 4.98 Å². The van der Waals surface area contributed by atoms with Crippen molar-refractivity contribution in [2.75, 3.05) is 14.1 Å². The number of carbonyl (C=O) groups excluding carboxylic acids is 1. The van der Waals surface area contributed by atoms with E-state index in [-0.39, 0.29) is 5.78 Å². The van der Waals surface area contributed by atoms with Crippen molar-refractivity contribution >= 4 is 22.4 Å². The number of H-pyrrole nitrogens is 1. The molecule has 1 heterocycles. The van der Waals surface area contributed by atoms with E-state index >= 15 is 0 Å². The van der Waals surface area contributed by atoms with E-state index in [4.69, 9.17) is 0 Å². The van der Waals surface area contributed by atoms with Crippen LogP contribution in [0.4, 0.5) is 0 Å². The number of Topliss-reactive ketones (excluding diaryl/α,β-unsaturated/α-hetero) is 1. The quantitative estimate of drug-likeness (QED) is 0.592. The Morgan fingerprint density at radius 3 is 2.41 bits per heavy atom. The molecule has 0 unspecified atom stereocenters. The number of hydrogen-bond donors (Lipinski definition) is 1. The highest BCUT2D eigenvalue weighted by Gasteiger charge is 2.18. The number of rotatable bonds is 4. The van der Waals surface area contributed by atoms with Crippen molar-refractivity contribution in [1.29, 1.82) is 0 Å². The minimum Gasteiger partial charge on any atom is -0.383 e. The number of allylic oxidation sites excluding steroid dienone is 1. The number of aromatic amines is 1. The van der Waals surface area contributed by atoms with Gasteiger partial charge in [0.2, 0.25) is 0 Å². The summed E-state index contributed by atoms with van der Waals surface area (Å²) in [4.78, 5) is 22.4. The molecule has 4 nitrogen and oxygen atoms in total. The van der Waals surface area contributed by atoms with Gasteiger partial charge in [-0.3, -0.25) is 4.79 Å². The number of aromatic nitrogens is 2. The third-order valence-electron chi connectivity index (χ3n) is 3.31. The second kappa shape index (κ2) is 5.85. The third kappa shape index (κ3) is 2.76. The molecule has 1 aromatic heterocycles. The maximum atomic E-state index is 12.8. The molecule has 0 amide bonds. The van der Waals surface area contributed by atoms with Crippen LogP contribution in [0.1, 0.15) is 16.2 Å². The van der Waals surface area contributed by atoms with E-state index < -0.39 is 0 Å².